The maximum absolute atomic E-state index is 12.4. The summed E-state index contributed by atoms with van der Waals surface area (Å²) in [5.41, 5.74) is 0.372. The molecule has 1 unspecified atom stereocenters. The highest BCUT2D eigenvalue weighted by atomic mass is 16.1. The Morgan fingerprint density at radius 1 is 1.00 bits per heavy atom. The van der Waals surface area contributed by atoms with Gasteiger partial charge in [0.2, 0.25) is 0 Å². The fourth-order valence-corrected chi connectivity index (χ4v) is 3.63. The first-order valence-corrected chi connectivity index (χ1v) is 7.43. The van der Waals surface area contributed by atoms with Gasteiger partial charge >= 0.3 is 0 Å². The van der Waals surface area contributed by atoms with Crippen molar-refractivity contribution in [3.8, 4) is 0 Å². The largest absolute Gasteiger partial charge is 0.300 e. The number of hydrogen-bond acceptors (Lipinski definition) is 2. The molecule has 0 aromatic heterocycles. The third kappa shape index (κ3) is 3.02. The van der Waals surface area contributed by atoms with E-state index in [9.17, 15) is 9.59 Å². The van der Waals surface area contributed by atoms with E-state index in [1.54, 1.807) is 0 Å². The van der Waals surface area contributed by atoms with E-state index in [0.29, 0.717) is 24.0 Å². The standard InChI is InChI=1S/C16H26O2/c1-16(2,3)13-7-4-11(5-8-13)15(18)12-6-9-14(17)10-12/h11-13H,4-10H2,1-3H3. The minimum atomic E-state index is 0.0636. The first kappa shape index (κ1) is 13.8. The van der Waals surface area contributed by atoms with E-state index in [-0.39, 0.29) is 17.6 Å². The Hall–Kier alpha value is -0.660. The topological polar surface area (TPSA) is 34.1 Å². The number of Topliss-reactive ketones (excluding diaryl/α,β-unsaturated/α-hetero) is 2. The summed E-state index contributed by atoms with van der Waals surface area (Å²) in [5, 5.41) is 0. The molecule has 2 aliphatic rings. The SMILES string of the molecule is CC(C)(C)C1CCC(C(=O)C2CCC(=O)C2)CC1. The van der Waals surface area contributed by atoms with Crippen LogP contribution in [0, 0.1) is 23.2 Å². The molecule has 0 N–H and O–H groups in total. The van der Waals surface area contributed by atoms with Gasteiger partial charge in [-0.1, -0.05) is 20.8 Å². The molecule has 0 heterocycles. The first-order chi connectivity index (χ1) is 8.38. The van der Waals surface area contributed by atoms with Crippen molar-refractivity contribution in [1.82, 2.24) is 0 Å². The highest BCUT2D eigenvalue weighted by Gasteiger charge is 2.36. The number of rotatable bonds is 2. The monoisotopic (exact) mass is 250 g/mol. The van der Waals surface area contributed by atoms with Crippen molar-refractivity contribution < 1.29 is 9.59 Å². The van der Waals surface area contributed by atoms with Crippen LogP contribution in [0.1, 0.15) is 65.7 Å². The lowest BCUT2D eigenvalue weighted by Gasteiger charge is -2.37. The molecule has 0 radical (unpaired) electrons. The van der Waals surface area contributed by atoms with Crippen LogP contribution in [0.2, 0.25) is 0 Å². The third-order valence-electron chi connectivity index (χ3n) is 5.00. The highest BCUT2D eigenvalue weighted by molar-refractivity contribution is 5.92. The molecule has 0 spiro atoms. The maximum Gasteiger partial charge on any atom is 0.139 e. The summed E-state index contributed by atoms with van der Waals surface area (Å²) in [6.07, 6.45) is 6.43. The van der Waals surface area contributed by atoms with Crippen LogP contribution in [-0.2, 0) is 9.59 Å². The van der Waals surface area contributed by atoms with Crippen molar-refractivity contribution >= 4 is 11.6 Å². The summed E-state index contributed by atoms with van der Waals surface area (Å²) in [4.78, 5) is 23.6. The number of ketones is 2. The fraction of sp³-hybridized carbons (Fsp3) is 0.875. The lowest BCUT2D eigenvalue weighted by atomic mass is 9.68. The summed E-state index contributed by atoms with van der Waals surface area (Å²) < 4.78 is 0. The van der Waals surface area contributed by atoms with Crippen molar-refractivity contribution in [2.45, 2.75) is 65.7 Å². The number of carbonyl (C=O) groups is 2. The average molecular weight is 250 g/mol. The minimum Gasteiger partial charge on any atom is -0.300 e. The van der Waals surface area contributed by atoms with E-state index in [1.807, 2.05) is 0 Å². The maximum atomic E-state index is 12.4. The lowest BCUT2D eigenvalue weighted by molar-refractivity contribution is -0.129. The second kappa shape index (κ2) is 5.14. The van der Waals surface area contributed by atoms with Gasteiger partial charge in [0.15, 0.2) is 0 Å². The molecule has 0 aromatic rings. The molecule has 0 aromatic carbocycles. The van der Waals surface area contributed by atoms with Crippen molar-refractivity contribution in [3.05, 3.63) is 0 Å². The summed E-state index contributed by atoms with van der Waals surface area (Å²) in [6.45, 7) is 6.90. The van der Waals surface area contributed by atoms with Gasteiger partial charge < -0.3 is 0 Å². The van der Waals surface area contributed by atoms with Crippen LogP contribution in [0.4, 0.5) is 0 Å². The van der Waals surface area contributed by atoms with Crippen LogP contribution in [0.5, 0.6) is 0 Å². The zero-order chi connectivity index (χ0) is 13.3. The molecule has 0 amide bonds. The minimum absolute atomic E-state index is 0.0636. The van der Waals surface area contributed by atoms with Crippen LogP contribution in [0.15, 0.2) is 0 Å². The highest BCUT2D eigenvalue weighted by Crippen LogP contribution is 2.41. The van der Waals surface area contributed by atoms with Gasteiger partial charge in [-0.2, -0.15) is 0 Å². The summed E-state index contributed by atoms with van der Waals surface area (Å²) in [5.74, 6) is 1.75. The van der Waals surface area contributed by atoms with Crippen LogP contribution < -0.4 is 0 Å². The molecule has 0 aliphatic heterocycles. The quantitative estimate of drug-likeness (QED) is 0.747. The smallest absolute Gasteiger partial charge is 0.139 e. The Kier molecular flexibility index (Phi) is 3.93. The van der Waals surface area contributed by atoms with Crippen LogP contribution in [-0.4, -0.2) is 11.6 Å². The molecule has 0 saturated heterocycles. The molecule has 1 atom stereocenters. The normalized spacial score (nSPS) is 33.7. The predicted molar refractivity (Wildman–Crippen MR) is 72.3 cm³/mol. The molecule has 2 fully saturated rings. The lowest BCUT2D eigenvalue weighted by Crippen LogP contribution is -2.31. The van der Waals surface area contributed by atoms with Crippen LogP contribution in [0.25, 0.3) is 0 Å². The summed E-state index contributed by atoms with van der Waals surface area (Å²) in [7, 11) is 0. The Morgan fingerprint density at radius 2 is 1.61 bits per heavy atom. The van der Waals surface area contributed by atoms with E-state index < -0.39 is 0 Å². The van der Waals surface area contributed by atoms with E-state index in [0.717, 1.165) is 25.2 Å². The van der Waals surface area contributed by atoms with Gasteiger partial charge in [-0.3, -0.25) is 9.59 Å². The zero-order valence-corrected chi connectivity index (χ0v) is 12.0. The van der Waals surface area contributed by atoms with E-state index >= 15 is 0 Å². The molecule has 2 saturated carbocycles. The zero-order valence-electron chi connectivity index (χ0n) is 12.0. The molecule has 2 heteroatoms. The molecule has 2 rings (SSSR count). The van der Waals surface area contributed by atoms with E-state index in [4.69, 9.17) is 0 Å². The molecule has 102 valence electrons. The van der Waals surface area contributed by atoms with Crippen molar-refractivity contribution in [3.63, 3.8) is 0 Å². The van der Waals surface area contributed by atoms with Gasteiger partial charge in [0.1, 0.15) is 11.6 Å². The Balaban J connectivity index is 1.86. The molecule has 2 nitrogen and oxygen atoms in total. The third-order valence-corrected chi connectivity index (χ3v) is 5.00. The average Bonchev–Trinajstić information content (AvgIpc) is 2.74. The van der Waals surface area contributed by atoms with Crippen LogP contribution >= 0.6 is 0 Å². The first-order valence-electron chi connectivity index (χ1n) is 7.43. The number of hydrogen-bond donors (Lipinski definition) is 0. The van der Waals surface area contributed by atoms with E-state index in [1.165, 1.54) is 12.8 Å². The Morgan fingerprint density at radius 3 is 2.06 bits per heavy atom. The van der Waals surface area contributed by atoms with Crippen LogP contribution in [0.3, 0.4) is 0 Å². The summed E-state index contributed by atoms with van der Waals surface area (Å²) in [6, 6.07) is 0. The second-order valence-corrected chi connectivity index (χ2v) is 7.30. The van der Waals surface area contributed by atoms with Gasteiger partial charge in [0.05, 0.1) is 0 Å². The molecule has 2 aliphatic carbocycles. The summed E-state index contributed by atoms with van der Waals surface area (Å²) >= 11 is 0. The van der Waals surface area contributed by atoms with Gasteiger partial charge in [-0.15, -0.1) is 0 Å². The second-order valence-electron chi connectivity index (χ2n) is 7.30. The van der Waals surface area contributed by atoms with Gasteiger partial charge in [0.25, 0.3) is 0 Å². The number of carbonyl (C=O) groups excluding carboxylic acids is 2. The van der Waals surface area contributed by atoms with Crippen molar-refractivity contribution in [2.24, 2.45) is 23.2 Å². The van der Waals surface area contributed by atoms with Crippen molar-refractivity contribution in [1.29, 1.82) is 0 Å². The fourth-order valence-electron chi connectivity index (χ4n) is 3.63. The van der Waals surface area contributed by atoms with Crippen molar-refractivity contribution in [2.75, 3.05) is 0 Å². The molecular weight excluding hydrogens is 224 g/mol. The molecule has 18 heavy (non-hydrogen) atoms. The Labute approximate surface area is 111 Å². The molecular formula is C16H26O2. The molecule has 0 bridgehead atoms. The van der Waals surface area contributed by atoms with Gasteiger partial charge in [-0.25, -0.2) is 0 Å². The Bertz CT molecular complexity index is 329. The van der Waals surface area contributed by atoms with Gasteiger partial charge in [0, 0.05) is 24.7 Å². The van der Waals surface area contributed by atoms with E-state index in [2.05, 4.69) is 20.8 Å². The predicted octanol–water partition coefficient (Wildman–Crippen LogP) is 3.78. The van der Waals surface area contributed by atoms with Gasteiger partial charge in [-0.05, 0) is 43.4 Å².